The van der Waals surface area contributed by atoms with Gasteiger partial charge in [0.05, 0.1) is 0 Å². The Bertz CT molecular complexity index is 283. The molecule has 2 fully saturated rings. The predicted molar refractivity (Wildman–Crippen MR) is 61.2 cm³/mol. The van der Waals surface area contributed by atoms with Crippen molar-refractivity contribution in [3.05, 3.63) is 0 Å². The maximum atomic E-state index is 11.0. The number of esters is 2. The molecule has 2 aliphatic carbocycles. The number of hydrogen-bond acceptors (Lipinski definition) is 4. The van der Waals surface area contributed by atoms with E-state index in [1.807, 2.05) is 0 Å². The van der Waals surface area contributed by atoms with Gasteiger partial charge in [-0.15, -0.1) is 0 Å². The molecule has 0 spiro atoms. The predicted octanol–water partition coefficient (Wildman–Crippen LogP) is 2.06. The Labute approximate surface area is 102 Å². The van der Waals surface area contributed by atoms with Crippen LogP contribution in [0.25, 0.3) is 0 Å². The van der Waals surface area contributed by atoms with Crippen molar-refractivity contribution in [3.8, 4) is 0 Å². The third-order valence-corrected chi connectivity index (χ3v) is 3.94. The van der Waals surface area contributed by atoms with Gasteiger partial charge in [0.25, 0.3) is 0 Å². The summed E-state index contributed by atoms with van der Waals surface area (Å²) in [6.07, 6.45) is 5.00. The summed E-state index contributed by atoms with van der Waals surface area (Å²) in [6.45, 7) is 2.94. The van der Waals surface area contributed by atoms with Crippen molar-refractivity contribution in [3.63, 3.8) is 0 Å². The van der Waals surface area contributed by atoms with Crippen molar-refractivity contribution in [2.24, 2.45) is 11.8 Å². The Morgan fingerprint density at radius 1 is 0.824 bits per heavy atom. The fourth-order valence-electron chi connectivity index (χ4n) is 3.26. The first-order valence-corrected chi connectivity index (χ1v) is 6.40. The van der Waals surface area contributed by atoms with Crippen molar-refractivity contribution < 1.29 is 19.1 Å². The lowest BCUT2D eigenvalue weighted by molar-refractivity contribution is -0.161. The van der Waals surface area contributed by atoms with E-state index in [1.54, 1.807) is 0 Å². The molecule has 0 unspecified atom stereocenters. The smallest absolute Gasteiger partial charge is 0.302 e. The second-order valence-electron chi connectivity index (χ2n) is 5.21. The number of fused-ring (bicyclic) bond motifs is 2. The maximum absolute atomic E-state index is 11.0. The van der Waals surface area contributed by atoms with Crippen LogP contribution in [0.2, 0.25) is 0 Å². The summed E-state index contributed by atoms with van der Waals surface area (Å²) in [5.41, 5.74) is 0. The van der Waals surface area contributed by atoms with E-state index in [-0.39, 0.29) is 24.1 Å². The van der Waals surface area contributed by atoms with E-state index in [4.69, 9.17) is 9.47 Å². The largest absolute Gasteiger partial charge is 0.462 e. The minimum atomic E-state index is -0.185. The number of rotatable bonds is 2. The first-order chi connectivity index (χ1) is 8.06. The minimum absolute atomic E-state index is 0.0852. The van der Waals surface area contributed by atoms with Crippen LogP contribution in [0.4, 0.5) is 0 Å². The molecule has 0 aromatic heterocycles. The number of carbonyl (C=O) groups is 2. The highest BCUT2D eigenvalue weighted by Gasteiger charge is 2.41. The van der Waals surface area contributed by atoms with Gasteiger partial charge in [-0.25, -0.2) is 0 Å². The van der Waals surface area contributed by atoms with Crippen molar-refractivity contribution in [2.75, 3.05) is 0 Å². The van der Waals surface area contributed by atoms with Gasteiger partial charge in [-0.2, -0.15) is 0 Å². The van der Waals surface area contributed by atoms with Crippen LogP contribution in [0.5, 0.6) is 0 Å². The third kappa shape index (κ3) is 2.99. The number of hydrogen-bond donors (Lipinski definition) is 0. The summed E-state index contributed by atoms with van der Waals surface area (Å²) >= 11 is 0. The molecule has 0 radical (unpaired) electrons. The molecule has 0 amide bonds. The normalized spacial score (nSPS) is 36.1. The number of carbonyl (C=O) groups excluding carboxylic acids is 2. The highest BCUT2D eigenvalue weighted by molar-refractivity contribution is 5.66. The molecule has 4 nitrogen and oxygen atoms in total. The first kappa shape index (κ1) is 12.4. The Morgan fingerprint density at radius 3 is 1.59 bits per heavy atom. The zero-order valence-electron chi connectivity index (χ0n) is 10.5. The molecular weight excluding hydrogens is 220 g/mol. The summed E-state index contributed by atoms with van der Waals surface area (Å²) in [6, 6.07) is 0. The number of ether oxygens (including phenoxy) is 2. The summed E-state index contributed by atoms with van der Waals surface area (Å²) in [7, 11) is 0. The standard InChI is InChI=1S/C13H20O4/c1-8(14)16-12-5-3-11-7-10(12)4-6-13(11)17-9(2)15/h10-13H,3-7H2,1-2H3/t10-,11-,12-,13-/m1/s1. The summed E-state index contributed by atoms with van der Waals surface area (Å²) in [5, 5.41) is 0. The average Bonchev–Trinajstić information content (AvgIpc) is 2.24. The van der Waals surface area contributed by atoms with Gasteiger partial charge in [0.1, 0.15) is 12.2 Å². The van der Waals surface area contributed by atoms with Crippen LogP contribution in [-0.2, 0) is 19.1 Å². The van der Waals surface area contributed by atoms with E-state index in [2.05, 4.69) is 0 Å². The molecule has 0 heterocycles. The van der Waals surface area contributed by atoms with Gasteiger partial charge in [-0.3, -0.25) is 9.59 Å². The fraction of sp³-hybridized carbons (Fsp3) is 0.846. The van der Waals surface area contributed by atoms with Crippen LogP contribution in [0, 0.1) is 11.8 Å². The molecule has 2 saturated carbocycles. The zero-order chi connectivity index (χ0) is 12.4. The van der Waals surface area contributed by atoms with Gasteiger partial charge < -0.3 is 9.47 Å². The Kier molecular flexibility index (Phi) is 3.69. The van der Waals surface area contributed by atoms with Gasteiger partial charge in [-0.1, -0.05) is 0 Å². The van der Waals surface area contributed by atoms with E-state index < -0.39 is 0 Å². The van der Waals surface area contributed by atoms with Crippen molar-refractivity contribution in [1.82, 2.24) is 0 Å². The molecule has 0 aromatic rings. The molecule has 4 atom stereocenters. The molecule has 4 heteroatoms. The maximum Gasteiger partial charge on any atom is 0.302 e. The van der Waals surface area contributed by atoms with E-state index in [0.29, 0.717) is 11.8 Å². The third-order valence-electron chi connectivity index (χ3n) is 3.94. The highest BCUT2D eigenvalue weighted by atomic mass is 16.5. The lowest BCUT2D eigenvalue weighted by Gasteiger charge is -2.43. The molecule has 2 bridgehead atoms. The monoisotopic (exact) mass is 240 g/mol. The molecule has 0 aromatic carbocycles. The van der Waals surface area contributed by atoms with E-state index >= 15 is 0 Å². The van der Waals surface area contributed by atoms with Crippen molar-refractivity contribution in [1.29, 1.82) is 0 Å². The van der Waals surface area contributed by atoms with Gasteiger partial charge in [0.15, 0.2) is 0 Å². The lowest BCUT2D eigenvalue weighted by Crippen LogP contribution is -2.42. The second kappa shape index (κ2) is 5.07. The SMILES string of the molecule is CC(=O)O[C@@H]1CC[C@@H]2C[C@H]1CC[C@H]2OC(C)=O. The molecule has 0 aliphatic heterocycles. The summed E-state index contributed by atoms with van der Waals surface area (Å²) < 4.78 is 10.7. The zero-order valence-corrected chi connectivity index (χ0v) is 10.5. The van der Waals surface area contributed by atoms with E-state index in [0.717, 1.165) is 32.1 Å². The average molecular weight is 240 g/mol. The van der Waals surface area contributed by atoms with Gasteiger partial charge >= 0.3 is 11.9 Å². The van der Waals surface area contributed by atoms with E-state index in [9.17, 15) is 9.59 Å². The van der Waals surface area contributed by atoms with Gasteiger partial charge in [0, 0.05) is 13.8 Å². The summed E-state index contributed by atoms with van der Waals surface area (Å²) in [4.78, 5) is 22.0. The molecule has 2 rings (SSSR count). The van der Waals surface area contributed by atoms with Crippen molar-refractivity contribution >= 4 is 11.9 Å². The topological polar surface area (TPSA) is 52.6 Å². The molecule has 96 valence electrons. The summed E-state index contributed by atoms with van der Waals surface area (Å²) in [5.74, 6) is 0.556. The quantitative estimate of drug-likeness (QED) is 0.693. The fourth-order valence-corrected chi connectivity index (χ4v) is 3.26. The molecule has 0 saturated heterocycles. The second-order valence-corrected chi connectivity index (χ2v) is 5.21. The van der Waals surface area contributed by atoms with Crippen LogP contribution < -0.4 is 0 Å². The van der Waals surface area contributed by atoms with Crippen LogP contribution in [-0.4, -0.2) is 24.1 Å². The lowest BCUT2D eigenvalue weighted by atomic mass is 9.69. The van der Waals surface area contributed by atoms with Gasteiger partial charge in [-0.05, 0) is 43.9 Å². The van der Waals surface area contributed by atoms with Gasteiger partial charge in [0.2, 0.25) is 0 Å². The molecular formula is C13H20O4. The van der Waals surface area contributed by atoms with Crippen LogP contribution >= 0.6 is 0 Å². The minimum Gasteiger partial charge on any atom is -0.462 e. The molecule has 17 heavy (non-hydrogen) atoms. The molecule has 0 N–H and O–H groups in total. The Balaban J connectivity index is 1.91. The Hall–Kier alpha value is -1.06. The van der Waals surface area contributed by atoms with Crippen LogP contribution in [0.15, 0.2) is 0 Å². The van der Waals surface area contributed by atoms with Crippen LogP contribution in [0.3, 0.4) is 0 Å². The first-order valence-electron chi connectivity index (χ1n) is 6.40. The van der Waals surface area contributed by atoms with Crippen LogP contribution in [0.1, 0.15) is 46.0 Å². The van der Waals surface area contributed by atoms with E-state index in [1.165, 1.54) is 13.8 Å². The Morgan fingerprint density at radius 2 is 1.24 bits per heavy atom. The van der Waals surface area contributed by atoms with Crippen molar-refractivity contribution in [2.45, 2.75) is 58.2 Å². The highest BCUT2D eigenvalue weighted by Crippen LogP contribution is 2.42. The molecule has 2 aliphatic rings.